The minimum absolute atomic E-state index is 0.00680. The molecule has 11 heavy (non-hydrogen) atoms. The number of carbonyl (C=O) groups is 1. The number of aromatic nitrogens is 1. The predicted octanol–water partition coefficient (Wildman–Crippen LogP) is 1.33. The van der Waals surface area contributed by atoms with E-state index in [4.69, 9.17) is 0 Å². The van der Waals surface area contributed by atoms with Crippen molar-refractivity contribution in [1.82, 2.24) is 4.98 Å². The van der Waals surface area contributed by atoms with Gasteiger partial charge in [0.2, 0.25) is 0 Å². The fourth-order valence-electron chi connectivity index (χ4n) is 0.750. The number of ketones is 1. The lowest BCUT2D eigenvalue weighted by Crippen LogP contribution is -1.97. The van der Waals surface area contributed by atoms with E-state index < -0.39 is 0 Å². The van der Waals surface area contributed by atoms with Crippen molar-refractivity contribution < 1.29 is 4.79 Å². The van der Waals surface area contributed by atoms with Crippen molar-refractivity contribution >= 4 is 11.5 Å². The van der Waals surface area contributed by atoms with E-state index in [2.05, 4.69) is 10.3 Å². The highest BCUT2D eigenvalue weighted by Crippen LogP contribution is 2.04. The highest BCUT2D eigenvalue weighted by molar-refractivity contribution is 5.92. The van der Waals surface area contributed by atoms with E-state index in [-0.39, 0.29) is 5.78 Å². The van der Waals surface area contributed by atoms with Gasteiger partial charge in [-0.2, -0.15) is 0 Å². The van der Waals surface area contributed by atoms with E-state index in [1.54, 1.807) is 12.3 Å². The maximum absolute atomic E-state index is 10.8. The molecule has 0 unspecified atom stereocenters. The molecule has 0 spiro atoms. The van der Waals surface area contributed by atoms with Crippen molar-refractivity contribution in [2.24, 2.45) is 0 Å². The molecule has 1 aromatic rings. The molecule has 0 radical (unpaired) electrons. The monoisotopic (exact) mass is 150 g/mol. The van der Waals surface area contributed by atoms with Crippen LogP contribution in [0.2, 0.25) is 0 Å². The molecule has 0 bridgehead atoms. The van der Waals surface area contributed by atoms with Crippen LogP contribution >= 0.6 is 0 Å². The van der Waals surface area contributed by atoms with E-state index in [1.807, 2.05) is 13.1 Å². The van der Waals surface area contributed by atoms with Gasteiger partial charge in [-0.1, -0.05) is 0 Å². The molecule has 1 heterocycles. The van der Waals surface area contributed by atoms with Gasteiger partial charge in [-0.05, 0) is 12.1 Å². The summed E-state index contributed by atoms with van der Waals surface area (Å²) in [7, 11) is 1.81. The van der Waals surface area contributed by atoms with Gasteiger partial charge in [-0.15, -0.1) is 0 Å². The first kappa shape index (κ1) is 7.72. The van der Waals surface area contributed by atoms with E-state index >= 15 is 0 Å². The van der Waals surface area contributed by atoms with Gasteiger partial charge in [0.1, 0.15) is 5.69 Å². The zero-order valence-corrected chi connectivity index (χ0v) is 6.59. The summed E-state index contributed by atoms with van der Waals surface area (Å²) in [4.78, 5) is 14.7. The molecule has 58 valence electrons. The molecule has 0 saturated carbocycles. The zero-order chi connectivity index (χ0) is 8.27. The average molecular weight is 150 g/mol. The normalized spacial score (nSPS) is 9.27. The van der Waals surface area contributed by atoms with Crippen molar-refractivity contribution in [3.05, 3.63) is 24.0 Å². The number of hydrogen-bond donors (Lipinski definition) is 1. The second-order valence-electron chi connectivity index (χ2n) is 2.24. The largest absolute Gasteiger partial charge is 0.387 e. The Bertz CT molecular complexity index is 253. The summed E-state index contributed by atoms with van der Waals surface area (Å²) < 4.78 is 0. The van der Waals surface area contributed by atoms with Crippen LogP contribution in [0.3, 0.4) is 0 Å². The average Bonchev–Trinajstić information content (AvgIpc) is 2.05. The maximum atomic E-state index is 10.8. The third-order valence-corrected chi connectivity index (χ3v) is 1.41. The van der Waals surface area contributed by atoms with Crippen LogP contribution in [0.5, 0.6) is 0 Å². The summed E-state index contributed by atoms with van der Waals surface area (Å²) in [5.74, 6) is -0.00680. The van der Waals surface area contributed by atoms with Crippen molar-refractivity contribution in [2.75, 3.05) is 12.4 Å². The van der Waals surface area contributed by atoms with Gasteiger partial charge in [0, 0.05) is 14.0 Å². The summed E-state index contributed by atoms with van der Waals surface area (Å²) >= 11 is 0. The van der Waals surface area contributed by atoms with Crippen molar-refractivity contribution in [1.29, 1.82) is 0 Å². The van der Waals surface area contributed by atoms with E-state index in [0.29, 0.717) is 5.69 Å². The van der Waals surface area contributed by atoms with Gasteiger partial charge in [-0.3, -0.25) is 9.78 Å². The molecule has 1 aromatic heterocycles. The first-order valence-electron chi connectivity index (χ1n) is 3.39. The number of nitrogens with zero attached hydrogens (tertiary/aromatic N) is 1. The summed E-state index contributed by atoms with van der Waals surface area (Å²) in [6, 6.07) is 3.53. The lowest BCUT2D eigenvalue weighted by molar-refractivity contribution is 0.101. The van der Waals surface area contributed by atoms with Crippen LogP contribution in [0.25, 0.3) is 0 Å². The van der Waals surface area contributed by atoms with Crippen molar-refractivity contribution in [3.8, 4) is 0 Å². The highest BCUT2D eigenvalue weighted by atomic mass is 16.1. The van der Waals surface area contributed by atoms with Crippen LogP contribution < -0.4 is 5.32 Å². The predicted molar refractivity (Wildman–Crippen MR) is 43.8 cm³/mol. The summed E-state index contributed by atoms with van der Waals surface area (Å²) in [6.07, 6.45) is 1.64. The van der Waals surface area contributed by atoms with Crippen LogP contribution in [0.15, 0.2) is 18.3 Å². The Labute approximate surface area is 65.5 Å². The van der Waals surface area contributed by atoms with Crippen molar-refractivity contribution in [2.45, 2.75) is 6.92 Å². The quantitative estimate of drug-likeness (QED) is 0.646. The number of nitrogens with one attached hydrogen (secondary N) is 1. The Morgan fingerprint density at radius 2 is 2.27 bits per heavy atom. The summed E-state index contributed by atoms with van der Waals surface area (Å²) in [5, 5.41) is 2.92. The number of pyridine rings is 1. The van der Waals surface area contributed by atoms with Crippen LogP contribution in [0.4, 0.5) is 5.69 Å². The molecular weight excluding hydrogens is 140 g/mol. The van der Waals surface area contributed by atoms with Gasteiger partial charge in [0.05, 0.1) is 11.9 Å². The number of anilines is 1. The third-order valence-electron chi connectivity index (χ3n) is 1.41. The molecule has 3 heteroatoms. The van der Waals surface area contributed by atoms with Crippen LogP contribution in [-0.4, -0.2) is 17.8 Å². The molecule has 0 aliphatic carbocycles. The first-order valence-corrected chi connectivity index (χ1v) is 3.39. The maximum Gasteiger partial charge on any atom is 0.178 e. The molecule has 0 amide bonds. The minimum atomic E-state index is -0.00680. The molecule has 0 aliphatic heterocycles. The molecule has 0 saturated heterocycles. The van der Waals surface area contributed by atoms with Gasteiger partial charge < -0.3 is 5.32 Å². The Hall–Kier alpha value is -1.38. The third kappa shape index (κ3) is 1.77. The lowest BCUT2D eigenvalue weighted by Gasteiger charge is -1.98. The zero-order valence-electron chi connectivity index (χ0n) is 6.59. The fraction of sp³-hybridized carbons (Fsp3) is 0.250. The second kappa shape index (κ2) is 3.14. The van der Waals surface area contributed by atoms with Crippen molar-refractivity contribution in [3.63, 3.8) is 0 Å². The topological polar surface area (TPSA) is 42.0 Å². The Morgan fingerprint density at radius 1 is 1.55 bits per heavy atom. The first-order chi connectivity index (χ1) is 5.24. The van der Waals surface area contributed by atoms with Gasteiger partial charge in [-0.25, -0.2) is 0 Å². The second-order valence-corrected chi connectivity index (χ2v) is 2.24. The highest BCUT2D eigenvalue weighted by Gasteiger charge is 1.98. The van der Waals surface area contributed by atoms with Crippen LogP contribution in [0.1, 0.15) is 17.4 Å². The molecule has 0 fully saturated rings. The molecule has 0 aromatic carbocycles. The van der Waals surface area contributed by atoms with E-state index in [0.717, 1.165) is 5.69 Å². The molecule has 1 N–H and O–H groups in total. The molecular formula is C8H10N2O. The minimum Gasteiger partial charge on any atom is -0.387 e. The molecule has 1 rings (SSSR count). The SMILES string of the molecule is CNc1ccc(C(C)=O)nc1. The molecule has 0 atom stereocenters. The summed E-state index contributed by atoms with van der Waals surface area (Å²) in [6.45, 7) is 1.50. The van der Waals surface area contributed by atoms with Crippen LogP contribution in [-0.2, 0) is 0 Å². The van der Waals surface area contributed by atoms with E-state index in [1.165, 1.54) is 6.92 Å². The number of carbonyl (C=O) groups excluding carboxylic acids is 1. The Morgan fingerprint density at radius 3 is 2.64 bits per heavy atom. The Balaban J connectivity index is 2.91. The lowest BCUT2D eigenvalue weighted by atomic mass is 10.2. The smallest absolute Gasteiger partial charge is 0.178 e. The molecule has 3 nitrogen and oxygen atoms in total. The number of Topliss-reactive ketones (excluding diaryl/α,β-unsaturated/α-hetero) is 1. The van der Waals surface area contributed by atoms with Gasteiger partial charge >= 0.3 is 0 Å². The number of rotatable bonds is 2. The fourth-order valence-corrected chi connectivity index (χ4v) is 0.750. The Kier molecular flexibility index (Phi) is 2.21. The van der Waals surface area contributed by atoms with Crippen LogP contribution in [0, 0.1) is 0 Å². The van der Waals surface area contributed by atoms with Gasteiger partial charge in [0.15, 0.2) is 5.78 Å². The summed E-state index contributed by atoms with van der Waals surface area (Å²) in [5.41, 5.74) is 1.42. The van der Waals surface area contributed by atoms with E-state index in [9.17, 15) is 4.79 Å². The van der Waals surface area contributed by atoms with Gasteiger partial charge in [0.25, 0.3) is 0 Å². The number of hydrogen-bond acceptors (Lipinski definition) is 3. The molecule has 0 aliphatic rings. The standard InChI is InChI=1S/C8H10N2O/c1-6(11)8-4-3-7(9-2)5-10-8/h3-5,9H,1-2H3.